The monoisotopic (exact) mass is 350 g/mol. The molecule has 1 aromatic carbocycles. The predicted octanol–water partition coefficient (Wildman–Crippen LogP) is 2.39. The molecule has 1 aromatic heterocycles. The van der Waals surface area contributed by atoms with Gasteiger partial charge in [0.2, 0.25) is 5.91 Å². The molecule has 0 saturated carbocycles. The van der Waals surface area contributed by atoms with Crippen LogP contribution in [0.1, 0.15) is 33.9 Å². The van der Waals surface area contributed by atoms with E-state index in [1.54, 1.807) is 17.9 Å². The molecule has 2 aromatic rings. The van der Waals surface area contributed by atoms with Crippen molar-refractivity contribution >= 4 is 18.3 Å². The van der Waals surface area contributed by atoms with E-state index in [2.05, 4.69) is 48.6 Å². The van der Waals surface area contributed by atoms with E-state index in [1.807, 2.05) is 13.2 Å². The highest BCUT2D eigenvalue weighted by Gasteiger charge is 2.19. The Kier molecular flexibility index (Phi) is 7.45. The minimum Gasteiger partial charge on any atom is -0.354 e. The van der Waals surface area contributed by atoms with Crippen molar-refractivity contribution in [2.24, 2.45) is 7.05 Å². The standard InChI is InChI=1S/C18H26N4O.ClH/c1-12-8-13(2)16(14(3)9-12)6-7-20-18(23)17(19-4)15-10-21-22(5)11-15;/h8-11,17,19H,6-7H2,1-5H3,(H,20,23);1H. The van der Waals surface area contributed by atoms with Gasteiger partial charge in [0.05, 0.1) is 6.20 Å². The number of rotatable bonds is 6. The molecule has 2 N–H and O–H groups in total. The van der Waals surface area contributed by atoms with Gasteiger partial charge >= 0.3 is 0 Å². The SMILES string of the molecule is CNC(C(=O)NCCc1c(C)cc(C)cc1C)c1cnn(C)c1.Cl. The smallest absolute Gasteiger partial charge is 0.241 e. The topological polar surface area (TPSA) is 59.0 Å². The summed E-state index contributed by atoms with van der Waals surface area (Å²) in [6, 6.07) is 4.01. The van der Waals surface area contributed by atoms with E-state index in [1.165, 1.54) is 22.3 Å². The lowest BCUT2D eigenvalue weighted by Gasteiger charge is -2.16. The van der Waals surface area contributed by atoms with Gasteiger partial charge in [0.25, 0.3) is 0 Å². The van der Waals surface area contributed by atoms with E-state index >= 15 is 0 Å². The molecule has 5 nitrogen and oxygen atoms in total. The maximum Gasteiger partial charge on any atom is 0.241 e. The third-order valence-electron chi connectivity index (χ3n) is 4.12. The molecule has 132 valence electrons. The van der Waals surface area contributed by atoms with Gasteiger partial charge in [0, 0.05) is 25.4 Å². The summed E-state index contributed by atoms with van der Waals surface area (Å²) < 4.78 is 1.70. The third kappa shape index (κ3) is 4.82. The maximum absolute atomic E-state index is 12.4. The highest BCUT2D eigenvalue weighted by atomic mass is 35.5. The number of carbonyl (C=O) groups is 1. The van der Waals surface area contributed by atoms with Crippen LogP contribution in [0.5, 0.6) is 0 Å². The number of carbonyl (C=O) groups excluding carboxylic acids is 1. The first kappa shape index (κ1) is 20.2. The van der Waals surface area contributed by atoms with Crippen molar-refractivity contribution < 1.29 is 4.79 Å². The van der Waals surface area contributed by atoms with Crippen molar-refractivity contribution in [1.82, 2.24) is 20.4 Å². The molecule has 2 rings (SSSR count). The Morgan fingerprint density at radius 1 is 1.25 bits per heavy atom. The molecule has 0 bridgehead atoms. The summed E-state index contributed by atoms with van der Waals surface area (Å²) >= 11 is 0. The molecule has 6 heteroatoms. The number of aryl methyl sites for hydroxylation is 4. The highest BCUT2D eigenvalue weighted by molar-refractivity contribution is 5.85. The van der Waals surface area contributed by atoms with Crippen LogP contribution in [-0.4, -0.2) is 29.3 Å². The van der Waals surface area contributed by atoms with Gasteiger partial charge in [-0.3, -0.25) is 9.48 Å². The zero-order valence-electron chi connectivity index (χ0n) is 15.0. The van der Waals surface area contributed by atoms with Crippen LogP contribution >= 0.6 is 12.4 Å². The molecule has 0 fully saturated rings. The summed E-state index contributed by atoms with van der Waals surface area (Å²) in [5.74, 6) is -0.0251. The van der Waals surface area contributed by atoms with Crippen LogP contribution in [0.3, 0.4) is 0 Å². The van der Waals surface area contributed by atoms with Gasteiger partial charge < -0.3 is 10.6 Å². The van der Waals surface area contributed by atoms with Crippen molar-refractivity contribution in [2.75, 3.05) is 13.6 Å². The van der Waals surface area contributed by atoms with Crippen LogP contribution in [0.4, 0.5) is 0 Å². The lowest BCUT2D eigenvalue weighted by atomic mass is 9.97. The minimum absolute atomic E-state index is 0. The van der Waals surface area contributed by atoms with Crippen LogP contribution < -0.4 is 10.6 Å². The van der Waals surface area contributed by atoms with Gasteiger partial charge in [0.15, 0.2) is 0 Å². The fraction of sp³-hybridized carbons (Fsp3) is 0.444. The van der Waals surface area contributed by atoms with Crippen molar-refractivity contribution in [2.45, 2.75) is 33.2 Å². The molecule has 1 unspecified atom stereocenters. The van der Waals surface area contributed by atoms with Crippen LogP contribution in [0, 0.1) is 20.8 Å². The Hall–Kier alpha value is -1.85. The third-order valence-corrected chi connectivity index (χ3v) is 4.12. The predicted molar refractivity (Wildman–Crippen MR) is 99.6 cm³/mol. The van der Waals surface area contributed by atoms with Gasteiger partial charge in [-0.15, -0.1) is 12.4 Å². The first-order valence-corrected chi connectivity index (χ1v) is 7.92. The fourth-order valence-electron chi connectivity index (χ4n) is 3.06. The Bertz CT molecular complexity index is 673. The largest absolute Gasteiger partial charge is 0.354 e. The second kappa shape index (κ2) is 8.85. The van der Waals surface area contributed by atoms with Crippen LogP contribution in [0.2, 0.25) is 0 Å². The second-order valence-corrected chi connectivity index (χ2v) is 6.09. The molecule has 24 heavy (non-hydrogen) atoms. The summed E-state index contributed by atoms with van der Waals surface area (Å²) in [7, 11) is 3.63. The molecule has 1 amide bonds. The summed E-state index contributed by atoms with van der Waals surface area (Å²) in [4.78, 5) is 12.4. The van der Waals surface area contributed by atoms with Crippen molar-refractivity contribution in [1.29, 1.82) is 0 Å². The number of benzene rings is 1. The number of amides is 1. The molecule has 0 spiro atoms. The maximum atomic E-state index is 12.4. The average Bonchev–Trinajstić information content (AvgIpc) is 2.89. The molecule has 1 heterocycles. The Morgan fingerprint density at radius 3 is 2.38 bits per heavy atom. The van der Waals surface area contributed by atoms with Gasteiger partial charge in [0.1, 0.15) is 6.04 Å². The van der Waals surface area contributed by atoms with E-state index in [0.717, 1.165) is 12.0 Å². The summed E-state index contributed by atoms with van der Waals surface area (Å²) in [6.45, 7) is 6.99. The number of likely N-dealkylation sites (N-methyl/N-ethyl adjacent to an activating group) is 1. The summed E-state index contributed by atoms with van der Waals surface area (Å²) in [5, 5.41) is 10.2. The molecule has 0 radical (unpaired) electrons. The van der Waals surface area contributed by atoms with Crippen molar-refractivity contribution in [3.8, 4) is 0 Å². The van der Waals surface area contributed by atoms with Gasteiger partial charge in [-0.05, 0) is 50.9 Å². The second-order valence-electron chi connectivity index (χ2n) is 6.09. The highest BCUT2D eigenvalue weighted by Crippen LogP contribution is 2.17. The van der Waals surface area contributed by atoms with Crippen LogP contribution in [0.15, 0.2) is 24.5 Å². The molecular formula is C18H27ClN4O. The number of nitrogens with one attached hydrogen (secondary N) is 2. The van der Waals surface area contributed by atoms with E-state index in [-0.39, 0.29) is 24.4 Å². The zero-order chi connectivity index (χ0) is 17.0. The Morgan fingerprint density at radius 2 is 1.88 bits per heavy atom. The summed E-state index contributed by atoms with van der Waals surface area (Å²) in [6.07, 6.45) is 4.41. The Labute approximate surface area is 150 Å². The number of aromatic nitrogens is 2. The normalized spacial score (nSPS) is 11.7. The first-order valence-electron chi connectivity index (χ1n) is 7.92. The van der Waals surface area contributed by atoms with Crippen molar-refractivity contribution in [3.05, 3.63) is 52.3 Å². The van der Waals surface area contributed by atoms with Gasteiger partial charge in [-0.2, -0.15) is 5.10 Å². The van der Waals surface area contributed by atoms with Gasteiger partial charge in [-0.1, -0.05) is 17.7 Å². The lowest BCUT2D eigenvalue weighted by molar-refractivity contribution is -0.123. The zero-order valence-corrected chi connectivity index (χ0v) is 15.8. The molecule has 0 aliphatic rings. The average molecular weight is 351 g/mol. The lowest BCUT2D eigenvalue weighted by Crippen LogP contribution is -2.37. The molecule has 0 aliphatic heterocycles. The molecular weight excluding hydrogens is 324 g/mol. The minimum atomic E-state index is -0.371. The van der Waals surface area contributed by atoms with E-state index in [4.69, 9.17) is 0 Å². The number of halogens is 1. The number of hydrogen-bond acceptors (Lipinski definition) is 3. The number of nitrogens with zero attached hydrogens (tertiary/aromatic N) is 2. The Balaban J connectivity index is 0.00000288. The van der Waals surface area contributed by atoms with Crippen molar-refractivity contribution in [3.63, 3.8) is 0 Å². The van der Waals surface area contributed by atoms with Gasteiger partial charge in [-0.25, -0.2) is 0 Å². The molecule has 0 aliphatic carbocycles. The molecule has 0 saturated heterocycles. The summed E-state index contributed by atoms with van der Waals surface area (Å²) in [5.41, 5.74) is 6.04. The quantitative estimate of drug-likeness (QED) is 0.841. The fourth-order valence-corrected chi connectivity index (χ4v) is 3.06. The molecule has 1 atom stereocenters. The van der Waals surface area contributed by atoms with E-state index in [9.17, 15) is 4.79 Å². The van der Waals surface area contributed by atoms with E-state index in [0.29, 0.717) is 6.54 Å². The number of hydrogen-bond donors (Lipinski definition) is 2. The van der Waals surface area contributed by atoms with E-state index < -0.39 is 0 Å². The van der Waals surface area contributed by atoms with Crippen LogP contribution in [-0.2, 0) is 18.3 Å². The first-order chi connectivity index (χ1) is 10.9. The van der Waals surface area contributed by atoms with Crippen LogP contribution in [0.25, 0.3) is 0 Å².